The van der Waals surface area contributed by atoms with Crippen molar-refractivity contribution in [2.24, 2.45) is 5.41 Å². The second-order valence-corrected chi connectivity index (χ2v) is 7.40. The van der Waals surface area contributed by atoms with Gasteiger partial charge in [0, 0.05) is 12.1 Å². The second-order valence-electron chi connectivity index (χ2n) is 7.40. The van der Waals surface area contributed by atoms with E-state index in [-0.39, 0.29) is 17.5 Å². The lowest BCUT2D eigenvalue weighted by Crippen LogP contribution is -2.41. The number of hydrogen-bond donors (Lipinski definition) is 2. The fourth-order valence-electron chi connectivity index (χ4n) is 3.45. The highest BCUT2D eigenvalue weighted by Crippen LogP contribution is 2.41. The van der Waals surface area contributed by atoms with Crippen molar-refractivity contribution in [2.45, 2.75) is 46.6 Å². The van der Waals surface area contributed by atoms with Crippen molar-refractivity contribution in [3.05, 3.63) is 47.3 Å². The van der Waals surface area contributed by atoms with Crippen LogP contribution in [0.4, 0.5) is 4.79 Å². The number of benzene rings is 1. The van der Waals surface area contributed by atoms with Crippen molar-refractivity contribution in [3.8, 4) is 5.69 Å². The molecule has 0 bridgehead atoms. The molecule has 0 radical (unpaired) electrons. The molecule has 0 fully saturated rings. The zero-order chi connectivity index (χ0) is 17.3. The van der Waals surface area contributed by atoms with Crippen LogP contribution in [-0.2, 0) is 6.42 Å². The maximum atomic E-state index is 12.0. The zero-order valence-corrected chi connectivity index (χ0v) is 14.9. The number of hydrogen-bond acceptors (Lipinski definition) is 2. The number of aryl methyl sites for hydroxylation is 1. The fourth-order valence-corrected chi connectivity index (χ4v) is 3.45. The summed E-state index contributed by atoms with van der Waals surface area (Å²) in [5, 5.41) is 10.5. The number of amides is 2. The molecule has 1 aliphatic carbocycles. The number of carbonyl (C=O) groups is 1. The van der Waals surface area contributed by atoms with Gasteiger partial charge >= 0.3 is 6.03 Å². The van der Waals surface area contributed by atoms with Crippen LogP contribution in [0.1, 0.15) is 50.1 Å². The molecule has 5 heteroatoms. The minimum atomic E-state index is -0.116. The van der Waals surface area contributed by atoms with Gasteiger partial charge in [0.15, 0.2) is 0 Å². The van der Waals surface area contributed by atoms with Crippen LogP contribution in [0, 0.1) is 12.3 Å². The molecule has 24 heavy (non-hydrogen) atoms. The third-order valence-corrected chi connectivity index (χ3v) is 4.60. The molecule has 5 nitrogen and oxygen atoms in total. The second kappa shape index (κ2) is 6.30. The van der Waals surface area contributed by atoms with Gasteiger partial charge in [-0.25, -0.2) is 9.48 Å². The summed E-state index contributed by atoms with van der Waals surface area (Å²) in [5.41, 5.74) is 4.73. The third kappa shape index (κ3) is 3.30. The molecule has 128 valence electrons. The molecule has 0 saturated carbocycles. The Balaban J connectivity index is 1.96. The highest BCUT2D eigenvalue weighted by molar-refractivity contribution is 5.74. The van der Waals surface area contributed by atoms with E-state index in [1.807, 2.05) is 17.8 Å². The Bertz CT molecular complexity index is 730. The largest absolute Gasteiger partial charge is 0.338 e. The summed E-state index contributed by atoms with van der Waals surface area (Å²) in [4.78, 5) is 12.0. The molecule has 1 heterocycles. The van der Waals surface area contributed by atoms with Gasteiger partial charge in [-0.15, -0.1) is 0 Å². The molecule has 1 unspecified atom stereocenters. The van der Waals surface area contributed by atoms with E-state index < -0.39 is 0 Å². The number of urea groups is 1. The number of fused-ring (bicyclic) bond motifs is 1. The number of rotatable bonds is 3. The summed E-state index contributed by atoms with van der Waals surface area (Å²) >= 11 is 0. The van der Waals surface area contributed by atoms with Crippen LogP contribution in [0.3, 0.4) is 0 Å². The molecule has 2 aromatic rings. The molecular formula is C19H26N4O. The average molecular weight is 326 g/mol. The fraction of sp³-hybridized carbons (Fsp3) is 0.474. The Morgan fingerprint density at radius 3 is 2.71 bits per heavy atom. The van der Waals surface area contributed by atoms with E-state index in [0.29, 0.717) is 6.54 Å². The molecule has 1 atom stereocenters. The Morgan fingerprint density at radius 1 is 1.33 bits per heavy atom. The molecule has 0 aliphatic heterocycles. The van der Waals surface area contributed by atoms with Gasteiger partial charge in [-0.1, -0.05) is 31.5 Å². The molecule has 1 aliphatic rings. The quantitative estimate of drug-likeness (QED) is 0.907. The van der Waals surface area contributed by atoms with E-state index in [1.165, 1.54) is 11.3 Å². The predicted octanol–water partition coefficient (Wildman–Crippen LogP) is 3.51. The van der Waals surface area contributed by atoms with Crippen LogP contribution < -0.4 is 10.6 Å². The highest BCUT2D eigenvalue weighted by Gasteiger charge is 2.35. The monoisotopic (exact) mass is 326 g/mol. The van der Waals surface area contributed by atoms with Crippen molar-refractivity contribution in [2.75, 3.05) is 6.54 Å². The first-order chi connectivity index (χ1) is 11.4. The lowest BCUT2D eigenvalue weighted by Gasteiger charge is -2.35. The lowest BCUT2D eigenvalue weighted by molar-refractivity contribution is 0.221. The Morgan fingerprint density at radius 2 is 2.04 bits per heavy atom. The van der Waals surface area contributed by atoms with Gasteiger partial charge in [-0.2, -0.15) is 5.10 Å². The highest BCUT2D eigenvalue weighted by atomic mass is 16.2. The van der Waals surface area contributed by atoms with Crippen molar-refractivity contribution in [1.82, 2.24) is 20.4 Å². The molecular weight excluding hydrogens is 300 g/mol. The maximum Gasteiger partial charge on any atom is 0.315 e. The molecule has 0 saturated heterocycles. The van der Waals surface area contributed by atoms with Crippen LogP contribution in [-0.4, -0.2) is 22.4 Å². The number of aromatic nitrogens is 2. The zero-order valence-electron chi connectivity index (χ0n) is 14.9. The van der Waals surface area contributed by atoms with Gasteiger partial charge in [0.1, 0.15) is 0 Å². The van der Waals surface area contributed by atoms with Gasteiger partial charge in [-0.3, -0.25) is 0 Å². The van der Waals surface area contributed by atoms with Crippen LogP contribution in [0.25, 0.3) is 5.69 Å². The first kappa shape index (κ1) is 16.6. The van der Waals surface area contributed by atoms with Gasteiger partial charge in [-0.05, 0) is 44.2 Å². The molecule has 1 aromatic heterocycles. The standard InChI is InChI=1S/C19H26N4O/c1-5-20-18(24)22-16-10-19(3,4)11-17-15(16)12-21-23(17)14-8-6-13(2)7-9-14/h6-9,12,16H,5,10-11H2,1-4H3,(H2,20,22,24). The van der Waals surface area contributed by atoms with E-state index in [9.17, 15) is 4.79 Å². The first-order valence-electron chi connectivity index (χ1n) is 8.58. The molecule has 2 N–H and O–H groups in total. The number of nitrogens with one attached hydrogen (secondary N) is 2. The number of nitrogens with zero attached hydrogens (tertiary/aromatic N) is 2. The summed E-state index contributed by atoms with van der Waals surface area (Å²) in [7, 11) is 0. The van der Waals surface area contributed by atoms with E-state index in [4.69, 9.17) is 0 Å². The van der Waals surface area contributed by atoms with Gasteiger partial charge < -0.3 is 10.6 Å². The summed E-state index contributed by atoms with van der Waals surface area (Å²) in [6.07, 6.45) is 3.77. The minimum absolute atomic E-state index is 0.00509. The first-order valence-corrected chi connectivity index (χ1v) is 8.58. The average Bonchev–Trinajstić information content (AvgIpc) is 2.90. The topological polar surface area (TPSA) is 59.0 Å². The van der Waals surface area contributed by atoms with E-state index in [0.717, 1.165) is 24.1 Å². The summed E-state index contributed by atoms with van der Waals surface area (Å²) in [5.74, 6) is 0. The van der Waals surface area contributed by atoms with Gasteiger partial charge in [0.05, 0.1) is 23.6 Å². The molecule has 1 aromatic carbocycles. The minimum Gasteiger partial charge on any atom is -0.338 e. The van der Waals surface area contributed by atoms with Gasteiger partial charge in [0.25, 0.3) is 0 Å². The van der Waals surface area contributed by atoms with Gasteiger partial charge in [0.2, 0.25) is 0 Å². The predicted molar refractivity (Wildman–Crippen MR) is 95.4 cm³/mol. The van der Waals surface area contributed by atoms with E-state index in [1.54, 1.807) is 0 Å². The molecule has 3 rings (SSSR count). The van der Waals surface area contributed by atoms with Crippen LogP contribution in [0.15, 0.2) is 30.5 Å². The molecule has 0 spiro atoms. The van der Waals surface area contributed by atoms with Crippen molar-refractivity contribution < 1.29 is 4.79 Å². The third-order valence-electron chi connectivity index (χ3n) is 4.60. The molecule has 2 amide bonds. The van der Waals surface area contributed by atoms with Crippen LogP contribution in [0.5, 0.6) is 0 Å². The van der Waals surface area contributed by atoms with Crippen LogP contribution >= 0.6 is 0 Å². The maximum absolute atomic E-state index is 12.0. The van der Waals surface area contributed by atoms with Crippen LogP contribution in [0.2, 0.25) is 0 Å². The smallest absolute Gasteiger partial charge is 0.315 e. The summed E-state index contributed by atoms with van der Waals surface area (Å²) in [6.45, 7) is 9.12. The SMILES string of the molecule is CCNC(=O)NC1CC(C)(C)Cc2c1cnn2-c1ccc(C)cc1. The lowest BCUT2D eigenvalue weighted by atomic mass is 9.74. The summed E-state index contributed by atoms with van der Waals surface area (Å²) in [6, 6.07) is 8.26. The van der Waals surface area contributed by atoms with E-state index in [2.05, 4.69) is 60.8 Å². The van der Waals surface area contributed by atoms with E-state index >= 15 is 0 Å². The Hall–Kier alpha value is -2.30. The Labute approximate surface area is 143 Å². The van der Waals surface area contributed by atoms with Crippen molar-refractivity contribution >= 4 is 6.03 Å². The van der Waals surface area contributed by atoms with Crippen molar-refractivity contribution in [1.29, 1.82) is 0 Å². The van der Waals surface area contributed by atoms with Crippen molar-refractivity contribution in [3.63, 3.8) is 0 Å². The summed E-state index contributed by atoms with van der Waals surface area (Å²) < 4.78 is 2.02. The normalized spacial score (nSPS) is 18.8. The Kier molecular flexibility index (Phi) is 4.35. The number of carbonyl (C=O) groups excluding carboxylic acids is 1.